The summed E-state index contributed by atoms with van der Waals surface area (Å²) in [5.41, 5.74) is -0.825. The van der Waals surface area contributed by atoms with Crippen LogP contribution in [0, 0.1) is 5.92 Å². The molecule has 4 heterocycles. The Kier molecular flexibility index (Phi) is 6.82. The van der Waals surface area contributed by atoms with E-state index < -0.39 is 48.5 Å². The van der Waals surface area contributed by atoms with Crippen molar-refractivity contribution in [3.05, 3.63) is 47.0 Å². The van der Waals surface area contributed by atoms with E-state index in [-0.39, 0.29) is 29.6 Å². The number of hydrogen-bond acceptors (Lipinski definition) is 7. The van der Waals surface area contributed by atoms with Crippen molar-refractivity contribution < 1.29 is 26.7 Å². The number of carbonyl (C=O) groups is 1. The van der Waals surface area contributed by atoms with Crippen LogP contribution in [-0.4, -0.2) is 65.8 Å². The van der Waals surface area contributed by atoms with E-state index in [0.29, 0.717) is 17.4 Å². The van der Waals surface area contributed by atoms with Crippen molar-refractivity contribution in [1.29, 1.82) is 0 Å². The summed E-state index contributed by atoms with van der Waals surface area (Å²) >= 11 is 5.88. The van der Waals surface area contributed by atoms with Crippen LogP contribution in [0.15, 0.2) is 30.7 Å². The zero-order chi connectivity index (χ0) is 26.3. The highest BCUT2D eigenvalue weighted by Crippen LogP contribution is 2.36. The topological polar surface area (TPSA) is 102 Å². The molecular formula is C21H20ClF5N8O. The molecule has 4 rings (SSSR count). The van der Waals surface area contributed by atoms with Crippen molar-refractivity contribution in [3.8, 4) is 11.4 Å². The molecule has 1 fully saturated rings. The number of hydrogen-bond donors (Lipinski definition) is 1. The summed E-state index contributed by atoms with van der Waals surface area (Å²) < 4.78 is 67.3. The molecule has 9 nitrogen and oxygen atoms in total. The SMILES string of the molecule is C[C@@H]1CC(F)(F)CN(C(=O)c2nn(C)nc2-c2ccc(Cl)cn2)C1CNc1ncc(C(F)(F)F)cn1. The van der Waals surface area contributed by atoms with Crippen LogP contribution in [0.3, 0.4) is 0 Å². The average Bonchev–Trinajstić information content (AvgIpc) is 3.19. The number of aryl methyl sites for hydroxylation is 1. The molecule has 0 aliphatic carbocycles. The molecule has 2 atom stereocenters. The minimum atomic E-state index is -4.60. The molecule has 0 radical (unpaired) electrons. The average molecular weight is 531 g/mol. The molecule has 36 heavy (non-hydrogen) atoms. The lowest BCUT2D eigenvalue weighted by Gasteiger charge is -2.43. The minimum Gasteiger partial charge on any atom is -0.352 e. The van der Waals surface area contributed by atoms with Crippen molar-refractivity contribution in [2.24, 2.45) is 13.0 Å². The quantitative estimate of drug-likeness (QED) is 0.499. The van der Waals surface area contributed by atoms with Gasteiger partial charge in [-0.3, -0.25) is 9.78 Å². The van der Waals surface area contributed by atoms with Gasteiger partial charge in [-0.05, 0) is 18.1 Å². The third kappa shape index (κ3) is 5.53. The van der Waals surface area contributed by atoms with Gasteiger partial charge in [0.1, 0.15) is 5.69 Å². The van der Waals surface area contributed by atoms with Crippen LogP contribution in [-0.2, 0) is 13.2 Å². The number of nitrogens with one attached hydrogen (secondary N) is 1. The largest absolute Gasteiger partial charge is 0.419 e. The van der Waals surface area contributed by atoms with Gasteiger partial charge in [0.05, 0.1) is 28.9 Å². The second-order valence-electron chi connectivity index (χ2n) is 8.46. The molecule has 1 aliphatic heterocycles. The number of pyridine rings is 1. The fourth-order valence-electron chi connectivity index (χ4n) is 4.02. The van der Waals surface area contributed by atoms with Gasteiger partial charge < -0.3 is 10.2 Å². The number of alkyl halides is 5. The molecule has 0 bridgehead atoms. The predicted molar refractivity (Wildman–Crippen MR) is 118 cm³/mol. The summed E-state index contributed by atoms with van der Waals surface area (Å²) in [7, 11) is 1.48. The van der Waals surface area contributed by atoms with E-state index in [1.807, 2.05) is 0 Å². The first-order chi connectivity index (χ1) is 16.8. The summed E-state index contributed by atoms with van der Waals surface area (Å²) in [5.74, 6) is -4.75. The zero-order valence-electron chi connectivity index (χ0n) is 19.0. The predicted octanol–water partition coefficient (Wildman–Crippen LogP) is 3.94. The number of rotatable bonds is 5. The highest BCUT2D eigenvalue weighted by molar-refractivity contribution is 6.30. The van der Waals surface area contributed by atoms with Crippen LogP contribution in [0.4, 0.5) is 27.9 Å². The first-order valence-corrected chi connectivity index (χ1v) is 11.1. The number of aromatic nitrogens is 6. The summed E-state index contributed by atoms with van der Waals surface area (Å²) in [5, 5.41) is 11.4. The van der Waals surface area contributed by atoms with Gasteiger partial charge in [-0.2, -0.15) is 23.1 Å². The second kappa shape index (κ2) is 9.56. The lowest BCUT2D eigenvalue weighted by molar-refractivity contribution is -0.138. The number of anilines is 1. The molecule has 1 unspecified atom stereocenters. The molecule has 192 valence electrons. The van der Waals surface area contributed by atoms with E-state index in [1.165, 1.54) is 19.3 Å². The van der Waals surface area contributed by atoms with Crippen LogP contribution in [0.25, 0.3) is 11.4 Å². The fraction of sp³-hybridized carbons (Fsp3) is 0.429. The third-order valence-electron chi connectivity index (χ3n) is 5.68. The Labute approximate surface area is 206 Å². The molecule has 0 saturated carbocycles. The van der Waals surface area contributed by atoms with E-state index in [4.69, 9.17) is 11.6 Å². The molecule has 1 amide bonds. The lowest BCUT2D eigenvalue weighted by atomic mass is 9.88. The van der Waals surface area contributed by atoms with Gasteiger partial charge in [-0.25, -0.2) is 18.7 Å². The molecule has 0 spiro atoms. The summed E-state index contributed by atoms with van der Waals surface area (Å²) in [4.78, 5) is 27.1. The Morgan fingerprint density at radius 2 is 1.86 bits per heavy atom. The number of carbonyl (C=O) groups excluding carboxylic acids is 1. The molecule has 1 aliphatic rings. The van der Waals surface area contributed by atoms with Crippen molar-refractivity contribution >= 4 is 23.5 Å². The molecule has 1 N–H and O–H groups in total. The fourth-order valence-corrected chi connectivity index (χ4v) is 4.13. The molecule has 1 saturated heterocycles. The smallest absolute Gasteiger partial charge is 0.352 e. The van der Waals surface area contributed by atoms with Crippen LogP contribution >= 0.6 is 11.6 Å². The molecule has 0 aromatic carbocycles. The number of amides is 1. The Morgan fingerprint density at radius 1 is 1.17 bits per heavy atom. The Bertz CT molecular complexity index is 1230. The van der Waals surface area contributed by atoms with Gasteiger partial charge in [-0.1, -0.05) is 18.5 Å². The summed E-state index contributed by atoms with van der Waals surface area (Å²) in [6.45, 7) is 0.606. The molecule has 3 aromatic heterocycles. The molecular weight excluding hydrogens is 511 g/mol. The van der Waals surface area contributed by atoms with Crippen molar-refractivity contribution in [2.45, 2.75) is 31.5 Å². The molecule has 15 heteroatoms. The van der Waals surface area contributed by atoms with E-state index in [9.17, 15) is 26.7 Å². The molecule has 3 aromatic rings. The van der Waals surface area contributed by atoms with Crippen LogP contribution < -0.4 is 5.32 Å². The van der Waals surface area contributed by atoms with E-state index in [0.717, 1.165) is 9.70 Å². The van der Waals surface area contributed by atoms with Gasteiger partial charge in [0.2, 0.25) is 5.95 Å². The standard InChI is InChI=1S/C21H20ClF5N8O/c1-11-5-20(23,24)10-35(15(11)9-31-19-29-6-12(7-30-19)21(25,26)27)18(36)17-16(32-34(2)33-17)14-4-3-13(22)8-28-14/h3-4,6-8,11,15H,5,9-10H2,1-2H3,(H,29,30,31)/t11-,15?/m1/s1. The monoisotopic (exact) mass is 530 g/mol. The van der Waals surface area contributed by atoms with Crippen molar-refractivity contribution in [2.75, 3.05) is 18.4 Å². The van der Waals surface area contributed by atoms with Gasteiger partial charge in [0.25, 0.3) is 11.8 Å². The van der Waals surface area contributed by atoms with E-state index in [2.05, 4.69) is 30.5 Å². The highest BCUT2D eigenvalue weighted by Gasteiger charge is 2.47. The summed E-state index contributed by atoms with van der Waals surface area (Å²) in [6.07, 6.45) is -2.50. The van der Waals surface area contributed by atoms with Gasteiger partial charge in [-0.15, -0.1) is 5.10 Å². The van der Waals surface area contributed by atoms with Crippen molar-refractivity contribution in [3.63, 3.8) is 0 Å². The normalized spacial score (nSPS) is 19.8. The number of piperidine rings is 1. The Morgan fingerprint density at radius 3 is 2.47 bits per heavy atom. The van der Waals surface area contributed by atoms with E-state index >= 15 is 0 Å². The first-order valence-electron chi connectivity index (χ1n) is 10.7. The Balaban J connectivity index is 1.60. The van der Waals surface area contributed by atoms with E-state index in [1.54, 1.807) is 13.0 Å². The minimum absolute atomic E-state index is 0.0802. The van der Waals surface area contributed by atoms with Crippen molar-refractivity contribution in [1.82, 2.24) is 34.8 Å². The number of halogens is 6. The van der Waals surface area contributed by atoms with Crippen LogP contribution in [0.5, 0.6) is 0 Å². The van der Waals surface area contributed by atoms with Gasteiger partial charge >= 0.3 is 6.18 Å². The van der Waals surface area contributed by atoms with Gasteiger partial charge in [0.15, 0.2) is 5.69 Å². The summed E-state index contributed by atoms with van der Waals surface area (Å²) in [6, 6.07) is 2.30. The van der Waals surface area contributed by atoms with Crippen LogP contribution in [0.1, 0.15) is 29.4 Å². The number of nitrogens with zero attached hydrogens (tertiary/aromatic N) is 7. The van der Waals surface area contributed by atoms with Crippen LogP contribution in [0.2, 0.25) is 5.02 Å². The maximum Gasteiger partial charge on any atom is 0.419 e. The maximum atomic E-state index is 14.5. The third-order valence-corrected chi connectivity index (χ3v) is 5.90. The maximum absolute atomic E-state index is 14.5. The highest BCUT2D eigenvalue weighted by atomic mass is 35.5. The second-order valence-corrected chi connectivity index (χ2v) is 8.90. The Hall–Kier alpha value is -3.42. The van der Waals surface area contributed by atoms with Gasteiger partial charge in [0, 0.05) is 38.6 Å². The lowest BCUT2D eigenvalue weighted by Crippen LogP contribution is -2.57. The number of likely N-dealkylation sites (tertiary alicyclic amines) is 1. The first kappa shape index (κ1) is 25.7. The zero-order valence-corrected chi connectivity index (χ0v) is 19.7.